The van der Waals surface area contributed by atoms with Crippen molar-refractivity contribution in [2.75, 3.05) is 26.2 Å². The van der Waals surface area contributed by atoms with E-state index in [4.69, 9.17) is 4.74 Å². The summed E-state index contributed by atoms with van der Waals surface area (Å²) in [6.45, 7) is 9.66. The van der Waals surface area contributed by atoms with Crippen molar-refractivity contribution in [2.24, 2.45) is 5.92 Å². The van der Waals surface area contributed by atoms with Crippen LogP contribution >= 0.6 is 0 Å². The number of β-amino-alcohol motifs (C(OH)–C–C–N with tert-alkyl or cyclic N) is 1. The molecule has 2 aliphatic heterocycles. The van der Waals surface area contributed by atoms with E-state index >= 15 is 0 Å². The maximum Gasteiger partial charge on any atom is 0.250 e. The highest BCUT2D eigenvalue weighted by atomic mass is 16.5. The van der Waals surface area contributed by atoms with Crippen LogP contribution in [0.15, 0.2) is 23.0 Å². The maximum absolute atomic E-state index is 12.0. The summed E-state index contributed by atoms with van der Waals surface area (Å²) in [5.41, 5.74) is 1.04. The van der Waals surface area contributed by atoms with E-state index in [0.29, 0.717) is 25.0 Å². The Labute approximate surface area is 137 Å². The molecular weight excluding hydrogens is 292 g/mol. The van der Waals surface area contributed by atoms with Crippen molar-refractivity contribution in [3.8, 4) is 0 Å². The van der Waals surface area contributed by atoms with Crippen molar-refractivity contribution in [3.05, 3.63) is 34.2 Å². The van der Waals surface area contributed by atoms with Gasteiger partial charge in [0.15, 0.2) is 0 Å². The lowest BCUT2D eigenvalue weighted by Gasteiger charge is -2.43. The fourth-order valence-corrected chi connectivity index (χ4v) is 3.84. The molecule has 128 valence electrons. The fourth-order valence-electron chi connectivity index (χ4n) is 3.84. The Balaban J connectivity index is 1.63. The number of aromatic nitrogens is 1. The summed E-state index contributed by atoms with van der Waals surface area (Å²) in [6, 6.07) is 5.58. The van der Waals surface area contributed by atoms with E-state index in [-0.39, 0.29) is 11.2 Å². The van der Waals surface area contributed by atoms with Crippen LogP contribution in [0.25, 0.3) is 0 Å². The lowest BCUT2D eigenvalue weighted by molar-refractivity contribution is -0.0599. The van der Waals surface area contributed by atoms with Gasteiger partial charge in [0.05, 0.1) is 18.3 Å². The predicted molar refractivity (Wildman–Crippen MR) is 89.7 cm³/mol. The predicted octanol–water partition coefficient (Wildman–Crippen LogP) is 1.44. The number of hydrogen-bond donors (Lipinski definition) is 1. The molecule has 0 saturated carbocycles. The number of ether oxygens (including phenoxy) is 1. The van der Waals surface area contributed by atoms with Gasteiger partial charge in [-0.05, 0) is 39.2 Å². The monoisotopic (exact) mass is 320 g/mol. The summed E-state index contributed by atoms with van der Waals surface area (Å²) < 4.78 is 7.62. The highest BCUT2D eigenvalue weighted by molar-refractivity contribution is 5.16. The zero-order chi connectivity index (χ0) is 16.6. The Bertz CT molecular complexity index is 605. The van der Waals surface area contributed by atoms with Crippen LogP contribution in [0.5, 0.6) is 0 Å². The molecule has 2 bridgehead atoms. The lowest BCUT2D eigenvalue weighted by atomic mass is 9.83. The van der Waals surface area contributed by atoms with Crippen LogP contribution < -0.4 is 5.56 Å². The molecule has 3 rings (SSSR count). The average molecular weight is 320 g/mol. The number of nitrogens with zero attached hydrogens (tertiary/aromatic N) is 2. The number of fused-ring (bicyclic) bond motifs is 4. The Hall–Kier alpha value is -1.17. The molecular formula is C18H28N2O3. The van der Waals surface area contributed by atoms with E-state index in [2.05, 4.69) is 11.0 Å². The number of hydrogen-bond acceptors (Lipinski definition) is 4. The van der Waals surface area contributed by atoms with E-state index < -0.39 is 6.10 Å². The van der Waals surface area contributed by atoms with Gasteiger partial charge in [0.25, 0.3) is 5.56 Å². The van der Waals surface area contributed by atoms with E-state index in [1.54, 1.807) is 6.07 Å². The number of rotatable bonds is 4. The summed E-state index contributed by atoms with van der Waals surface area (Å²) in [5.74, 6) is 0.893. The highest BCUT2D eigenvalue weighted by Crippen LogP contribution is 2.34. The van der Waals surface area contributed by atoms with Gasteiger partial charge in [-0.1, -0.05) is 6.07 Å². The van der Waals surface area contributed by atoms with Crippen molar-refractivity contribution in [1.29, 1.82) is 0 Å². The number of piperidine rings is 1. The first-order chi connectivity index (χ1) is 10.8. The van der Waals surface area contributed by atoms with Gasteiger partial charge in [-0.25, -0.2) is 0 Å². The topological polar surface area (TPSA) is 54.7 Å². The van der Waals surface area contributed by atoms with Crippen LogP contribution in [-0.2, 0) is 11.3 Å². The first-order valence-electron chi connectivity index (χ1n) is 8.56. The first-order valence-corrected chi connectivity index (χ1v) is 8.56. The SMILES string of the molecule is CC(C)(C)OC[C@H](O)CN1C[C@@H]2C[C@H](C1)c1cccc(=O)n1C2. The van der Waals surface area contributed by atoms with E-state index in [9.17, 15) is 9.90 Å². The Kier molecular flexibility index (Phi) is 4.63. The maximum atomic E-state index is 12.0. The summed E-state index contributed by atoms with van der Waals surface area (Å²) in [4.78, 5) is 14.4. The van der Waals surface area contributed by atoms with Crippen LogP contribution in [0, 0.1) is 5.92 Å². The quantitative estimate of drug-likeness (QED) is 0.912. The molecule has 0 amide bonds. The molecule has 5 nitrogen and oxygen atoms in total. The highest BCUT2D eigenvalue weighted by Gasteiger charge is 2.34. The molecule has 5 heteroatoms. The minimum Gasteiger partial charge on any atom is -0.389 e. The second-order valence-electron chi connectivity index (χ2n) is 7.99. The second kappa shape index (κ2) is 6.38. The smallest absolute Gasteiger partial charge is 0.250 e. The molecule has 1 aromatic heterocycles. The number of aliphatic hydroxyl groups is 1. The van der Waals surface area contributed by atoms with Gasteiger partial charge in [0.1, 0.15) is 0 Å². The van der Waals surface area contributed by atoms with E-state index in [1.807, 2.05) is 31.4 Å². The molecule has 0 spiro atoms. The third kappa shape index (κ3) is 4.03. The average Bonchev–Trinajstić information content (AvgIpc) is 2.46. The van der Waals surface area contributed by atoms with Crippen molar-refractivity contribution >= 4 is 0 Å². The lowest BCUT2D eigenvalue weighted by Crippen LogP contribution is -2.49. The third-order valence-electron chi connectivity index (χ3n) is 4.73. The molecule has 1 fully saturated rings. The molecule has 3 heterocycles. The van der Waals surface area contributed by atoms with Gasteiger partial charge in [-0.15, -0.1) is 0 Å². The minimum atomic E-state index is -0.467. The van der Waals surface area contributed by atoms with Gasteiger partial charge in [0.2, 0.25) is 0 Å². The van der Waals surface area contributed by atoms with Gasteiger partial charge in [-0.2, -0.15) is 0 Å². The second-order valence-corrected chi connectivity index (χ2v) is 7.99. The molecule has 1 saturated heterocycles. The Morgan fingerprint density at radius 1 is 1.30 bits per heavy atom. The van der Waals surface area contributed by atoms with Gasteiger partial charge < -0.3 is 14.4 Å². The summed E-state index contributed by atoms with van der Waals surface area (Å²) >= 11 is 0. The Morgan fingerprint density at radius 3 is 2.83 bits per heavy atom. The summed E-state index contributed by atoms with van der Waals surface area (Å²) in [6.07, 6.45) is 0.681. The zero-order valence-corrected chi connectivity index (χ0v) is 14.4. The fraction of sp³-hybridized carbons (Fsp3) is 0.722. The van der Waals surface area contributed by atoms with Crippen LogP contribution in [0.3, 0.4) is 0 Å². The van der Waals surface area contributed by atoms with Crippen molar-refractivity contribution in [3.63, 3.8) is 0 Å². The van der Waals surface area contributed by atoms with Gasteiger partial charge in [0, 0.05) is 43.9 Å². The third-order valence-corrected chi connectivity index (χ3v) is 4.73. The number of likely N-dealkylation sites (tertiary alicyclic amines) is 1. The molecule has 0 unspecified atom stereocenters. The molecule has 1 N–H and O–H groups in total. The van der Waals surface area contributed by atoms with E-state index in [0.717, 1.165) is 31.7 Å². The first kappa shape index (κ1) is 16.7. The van der Waals surface area contributed by atoms with Crippen LogP contribution in [0.4, 0.5) is 0 Å². The molecule has 0 radical (unpaired) electrons. The molecule has 0 aromatic carbocycles. The van der Waals surface area contributed by atoms with Crippen LogP contribution in [0.1, 0.15) is 38.8 Å². The van der Waals surface area contributed by atoms with Crippen molar-refractivity contribution in [2.45, 2.75) is 51.4 Å². The van der Waals surface area contributed by atoms with Crippen molar-refractivity contribution < 1.29 is 9.84 Å². The molecule has 23 heavy (non-hydrogen) atoms. The van der Waals surface area contributed by atoms with E-state index in [1.165, 1.54) is 0 Å². The van der Waals surface area contributed by atoms with Crippen molar-refractivity contribution in [1.82, 2.24) is 9.47 Å². The zero-order valence-electron chi connectivity index (χ0n) is 14.4. The summed E-state index contributed by atoms with van der Waals surface area (Å²) in [7, 11) is 0. The van der Waals surface area contributed by atoms with Crippen LogP contribution in [0.2, 0.25) is 0 Å². The molecule has 1 aromatic rings. The minimum absolute atomic E-state index is 0.115. The van der Waals surface area contributed by atoms with Crippen LogP contribution in [-0.4, -0.2) is 52.5 Å². The molecule has 2 aliphatic rings. The summed E-state index contributed by atoms with van der Waals surface area (Å²) in [5, 5.41) is 10.2. The molecule has 0 aliphatic carbocycles. The largest absolute Gasteiger partial charge is 0.389 e. The normalized spacial score (nSPS) is 25.9. The standard InChI is InChI=1S/C18H28N2O3/c1-18(2,3)23-12-15(21)11-19-8-13-7-14(10-19)16-5-4-6-17(22)20(16)9-13/h4-6,13-15,21H,7-12H2,1-3H3/t13-,14+,15+/m0/s1. The van der Waals surface area contributed by atoms with Gasteiger partial charge >= 0.3 is 0 Å². The number of aliphatic hydroxyl groups excluding tert-OH is 1. The Morgan fingerprint density at radius 2 is 2.09 bits per heavy atom. The number of pyridine rings is 1. The molecule has 3 atom stereocenters. The van der Waals surface area contributed by atoms with Gasteiger partial charge in [-0.3, -0.25) is 9.69 Å².